The summed E-state index contributed by atoms with van der Waals surface area (Å²) in [6, 6.07) is 3.10. The van der Waals surface area contributed by atoms with Crippen LogP contribution in [0.25, 0.3) is 10.6 Å². The van der Waals surface area contributed by atoms with Crippen LogP contribution in [0.3, 0.4) is 0 Å². The molecule has 28 heavy (non-hydrogen) atoms. The standard InChI is InChI=1S/C18H19F3N2O4S/c1-3-26-17(25)11-5-4-8-23(9-11)16(24)13-7-6-12(28-13)14-10(2)15(27-22-14)18(19,20)21/h6-7,11H,3-5,8-9H2,1-2H3. The number of piperidine rings is 1. The minimum absolute atomic E-state index is 0.0689. The summed E-state index contributed by atoms with van der Waals surface area (Å²) < 4.78 is 48.1. The van der Waals surface area contributed by atoms with Crippen LogP contribution in [-0.4, -0.2) is 41.6 Å². The smallest absolute Gasteiger partial charge is 0.452 e. The van der Waals surface area contributed by atoms with Gasteiger partial charge in [0.25, 0.3) is 5.91 Å². The summed E-state index contributed by atoms with van der Waals surface area (Å²) in [6.07, 6.45) is -3.28. The number of hydrogen-bond donors (Lipinski definition) is 0. The van der Waals surface area contributed by atoms with Gasteiger partial charge in [0.15, 0.2) is 0 Å². The van der Waals surface area contributed by atoms with E-state index >= 15 is 0 Å². The molecule has 2 aromatic rings. The maximum Gasteiger partial charge on any atom is 0.452 e. The fourth-order valence-corrected chi connectivity index (χ4v) is 4.19. The number of carbonyl (C=O) groups excluding carboxylic acids is 2. The van der Waals surface area contributed by atoms with E-state index in [1.807, 2.05) is 0 Å². The Bertz CT molecular complexity index is 875. The summed E-state index contributed by atoms with van der Waals surface area (Å²) in [5.41, 5.74) is -0.0480. The summed E-state index contributed by atoms with van der Waals surface area (Å²) in [4.78, 5) is 27.1. The Kier molecular flexibility index (Phi) is 5.78. The third-order valence-electron chi connectivity index (χ3n) is 4.56. The van der Waals surface area contributed by atoms with E-state index in [9.17, 15) is 22.8 Å². The van der Waals surface area contributed by atoms with Gasteiger partial charge < -0.3 is 14.2 Å². The average Bonchev–Trinajstić information content (AvgIpc) is 3.27. The molecule has 1 amide bonds. The van der Waals surface area contributed by atoms with Crippen molar-refractivity contribution in [3.05, 3.63) is 28.3 Å². The Morgan fingerprint density at radius 3 is 2.79 bits per heavy atom. The van der Waals surface area contributed by atoms with Crippen LogP contribution in [0.1, 0.15) is 40.8 Å². The first-order chi connectivity index (χ1) is 13.2. The summed E-state index contributed by atoms with van der Waals surface area (Å²) in [5.74, 6) is -2.08. The number of thiophene rings is 1. The zero-order chi connectivity index (χ0) is 20.5. The van der Waals surface area contributed by atoms with Crippen LogP contribution in [-0.2, 0) is 15.7 Å². The predicted octanol–water partition coefficient (Wildman–Crippen LogP) is 4.15. The molecule has 0 bridgehead atoms. The summed E-state index contributed by atoms with van der Waals surface area (Å²) in [6.45, 7) is 4.08. The number of nitrogens with zero attached hydrogens (tertiary/aromatic N) is 2. The molecule has 0 saturated carbocycles. The highest BCUT2D eigenvalue weighted by atomic mass is 32.1. The number of ether oxygens (including phenoxy) is 1. The average molecular weight is 416 g/mol. The number of aromatic nitrogens is 1. The number of hydrogen-bond acceptors (Lipinski definition) is 6. The molecule has 0 aromatic carbocycles. The number of alkyl halides is 3. The van der Waals surface area contributed by atoms with E-state index in [2.05, 4.69) is 9.68 Å². The van der Waals surface area contributed by atoms with Gasteiger partial charge in [-0.05, 0) is 38.8 Å². The molecule has 1 atom stereocenters. The largest absolute Gasteiger partial charge is 0.466 e. The zero-order valence-electron chi connectivity index (χ0n) is 15.3. The lowest BCUT2D eigenvalue weighted by Gasteiger charge is -2.31. The number of amides is 1. The van der Waals surface area contributed by atoms with Gasteiger partial charge in [0, 0.05) is 18.7 Å². The van der Waals surface area contributed by atoms with Crippen molar-refractivity contribution in [3.8, 4) is 10.6 Å². The molecule has 2 aromatic heterocycles. The van der Waals surface area contributed by atoms with Crippen molar-refractivity contribution in [2.45, 2.75) is 32.9 Å². The topological polar surface area (TPSA) is 72.6 Å². The number of likely N-dealkylation sites (tertiary alicyclic amines) is 1. The van der Waals surface area contributed by atoms with E-state index in [4.69, 9.17) is 4.74 Å². The van der Waals surface area contributed by atoms with Gasteiger partial charge in [0.05, 0.1) is 22.3 Å². The van der Waals surface area contributed by atoms with Gasteiger partial charge in [-0.3, -0.25) is 9.59 Å². The van der Waals surface area contributed by atoms with Crippen LogP contribution in [0.2, 0.25) is 0 Å². The maximum absolute atomic E-state index is 12.9. The SMILES string of the molecule is CCOC(=O)C1CCCN(C(=O)c2ccc(-c3noc(C(F)(F)F)c3C)s2)C1. The normalized spacial score (nSPS) is 17.6. The fraction of sp³-hybridized carbons (Fsp3) is 0.500. The number of rotatable bonds is 4. The van der Waals surface area contributed by atoms with Crippen LogP contribution in [0.4, 0.5) is 13.2 Å². The van der Waals surface area contributed by atoms with Crippen molar-refractivity contribution in [2.75, 3.05) is 19.7 Å². The highest BCUT2D eigenvalue weighted by molar-refractivity contribution is 7.17. The van der Waals surface area contributed by atoms with Crippen LogP contribution in [0.15, 0.2) is 16.7 Å². The number of halogens is 3. The fourth-order valence-electron chi connectivity index (χ4n) is 3.18. The van der Waals surface area contributed by atoms with Crippen molar-refractivity contribution >= 4 is 23.2 Å². The minimum atomic E-state index is -4.62. The molecule has 152 valence electrons. The lowest BCUT2D eigenvalue weighted by atomic mass is 9.98. The van der Waals surface area contributed by atoms with E-state index in [1.165, 1.54) is 6.92 Å². The Morgan fingerprint density at radius 2 is 2.14 bits per heavy atom. The van der Waals surface area contributed by atoms with Crippen LogP contribution in [0, 0.1) is 12.8 Å². The Labute approximate surface area is 163 Å². The first-order valence-corrected chi connectivity index (χ1v) is 9.63. The number of carbonyl (C=O) groups is 2. The van der Waals surface area contributed by atoms with Crippen molar-refractivity contribution in [3.63, 3.8) is 0 Å². The second kappa shape index (κ2) is 7.94. The van der Waals surface area contributed by atoms with Gasteiger partial charge in [-0.25, -0.2) is 0 Å². The lowest BCUT2D eigenvalue weighted by Crippen LogP contribution is -2.42. The van der Waals surface area contributed by atoms with E-state index in [0.29, 0.717) is 29.1 Å². The Balaban J connectivity index is 1.76. The van der Waals surface area contributed by atoms with E-state index in [0.717, 1.165) is 11.3 Å². The predicted molar refractivity (Wildman–Crippen MR) is 94.8 cm³/mol. The summed E-state index contributed by atoms with van der Waals surface area (Å²) in [7, 11) is 0. The molecular weight excluding hydrogens is 397 g/mol. The minimum Gasteiger partial charge on any atom is -0.466 e. The van der Waals surface area contributed by atoms with Crippen molar-refractivity contribution < 1.29 is 32.0 Å². The molecule has 0 spiro atoms. The van der Waals surface area contributed by atoms with Gasteiger partial charge in [0.2, 0.25) is 5.76 Å². The van der Waals surface area contributed by atoms with Gasteiger partial charge in [-0.1, -0.05) is 5.16 Å². The molecule has 1 aliphatic rings. The third-order valence-corrected chi connectivity index (χ3v) is 5.64. The Hall–Kier alpha value is -2.36. The molecule has 0 N–H and O–H groups in total. The zero-order valence-corrected chi connectivity index (χ0v) is 16.2. The maximum atomic E-state index is 12.9. The van der Waals surface area contributed by atoms with Crippen molar-refractivity contribution in [1.82, 2.24) is 10.1 Å². The monoisotopic (exact) mass is 416 g/mol. The van der Waals surface area contributed by atoms with E-state index in [1.54, 1.807) is 24.0 Å². The van der Waals surface area contributed by atoms with Gasteiger partial charge in [-0.2, -0.15) is 13.2 Å². The summed E-state index contributed by atoms with van der Waals surface area (Å²) >= 11 is 1.05. The quantitative estimate of drug-likeness (QED) is 0.701. The molecule has 3 heterocycles. The molecule has 10 heteroatoms. The lowest BCUT2D eigenvalue weighted by molar-refractivity contribution is -0.156. The second-order valence-corrected chi connectivity index (χ2v) is 7.57. The molecule has 6 nitrogen and oxygen atoms in total. The molecule has 0 radical (unpaired) electrons. The van der Waals surface area contributed by atoms with Crippen LogP contribution >= 0.6 is 11.3 Å². The van der Waals surface area contributed by atoms with Gasteiger partial charge >= 0.3 is 12.1 Å². The highest BCUT2D eigenvalue weighted by Crippen LogP contribution is 2.38. The highest BCUT2D eigenvalue weighted by Gasteiger charge is 2.39. The molecule has 1 fully saturated rings. The molecule has 3 rings (SSSR count). The third kappa shape index (κ3) is 4.06. The van der Waals surface area contributed by atoms with Crippen LogP contribution < -0.4 is 0 Å². The Morgan fingerprint density at radius 1 is 1.39 bits per heavy atom. The van der Waals surface area contributed by atoms with Crippen molar-refractivity contribution in [1.29, 1.82) is 0 Å². The molecule has 1 saturated heterocycles. The van der Waals surface area contributed by atoms with E-state index in [-0.39, 0.29) is 42.2 Å². The van der Waals surface area contributed by atoms with E-state index < -0.39 is 11.9 Å². The number of esters is 1. The molecule has 1 aliphatic heterocycles. The molecule has 1 unspecified atom stereocenters. The van der Waals surface area contributed by atoms with Crippen LogP contribution in [0.5, 0.6) is 0 Å². The molecule has 0 aliphatic carbocycles. The van der Waals surface area contributed by atoms with Crippen molar-refractivity contribution in [2.24, 2.45) is 5.92 Å². The second-order valence-electron chi connectivity index (χ2n) is 6.49. The van der Waals surface area contributed by atoms with Gasteiger partial charge in [-0.15, -0.1) is 11.3 Å². The van der Waals surface area contributed by atoms with Gasteiger partial charge in [0.1, 0.15) is 5.69 Å². The first-order valence-electron chi connectivity index (χ1n) is 8.82. The first kappa shape index (κ1) is 20.4. The molecular formula is C18H19F3N2O4S. The summed E-state index contributed by atoms with van der Waals surface area (Å²) in [5, 5.41) is 3.52.